The van der Waals surface area contributed by atoms with Gasteiger partial charge in [0.05, 0.1) is 0 Å². The van der Waals surface area contributed by atoms with Crippen molar-refractivity contribution in [2.24, 2.45) is 0 Å². The second-order valence-corrected chi connectivity index (χ2v) is 4.35. The number of carbonyl (C=O) groups excluding carboxylic acids is 1. The molecule has 0 aliphatic rings. The fourth-order valence-electron chi connectivity index (χ4n) is 1.11. The molecule has 19 heavy (non-hydrogen) atoms. The molecule has 0 radical (unpaired) electrons. The lowest BCUT2D eigenvalue weighted by Crippen LogP contribution is -2.35. The standard InChI is InChI=1S/C11H6Cl2F4O2/c12-6-1-5(2-7(13)3-6)8(18)4-9(19)11(16,17)10(14)15/h1-4,10,18H/b8-4-. The second-order valence-electron chi connectivity index (χ2n) is 3.48. The van der Waals surface area contributed by atoms with Crippen molar-refractivity contribution in [3.8, 4) is 0 Å². The minimum absolute atomic E-state index is 0.00809. The zero-order chi connectivity index (χ0) is 14.8. The van der Waals surface area contributed by atoms with Crippen molar-refractivity contribution in [2.45, 2.75) is 12.3 Å². The molecule has 0 bridgehead atoms. The van der Waals surface area contributed by atoms with E-state index in [1.807, 2.05) is 0 Å². The average Bonchev–Trinajstić information content (AvgIpc) is 2.27. The molecule has 1 aromatic rings. The Bertz CT molecular complexity index is 509. The van der Waals surface area contributed by atoms with Crippen LogP contribution in [-0.2, 0) is 4.79 Å². The number of aliphatic hydroxyl groups excluding tert-OH is 1. The molecule has 0 saturated carbocycles. The first-order valence-corrected chi connectivity index (χ1v) is 5.47. The van der Waals surface area contributed by atoms with E-state index in [1.54, 1.807) is 0 Å². The zero-order valence-electron chi connectivity index (χ0n) is 9.01. The van der Waals surface area contributed by atoms with E-state index in [2.05, 4.69) is 0 Å². The van der Waals surface area contributed by atoms with Crippen LogP contribution in [0.3, 0.4) is 0 Å². The summed E-state index contributed by atoms with van der Waals surface area (Å²) in [5.74, 6) is -8.01. The molecule has 0 aliphatic heterocycles. The minimum Gasteiger partial charge on any atom is -0.507 e. The Balaban J connectivity index is 3.09. The lowest BCUT2D eigenvalue weighted by atomic mass is 10.1. The average molecular weight is 317 g/mol. The Labute approximate surface area is 115 Å². The smallest absolute Gasteiger partial charge is 0.368 e. The van der Waals surface area contributed by atoms with E-state index in [-0.39, 0.29) is 21.7 Å². The Morgan fingerprint density at radius 3 is 2.11 bits per heavy atom. The number of hydrogen-bond acceptors (Lipinski definition) is 2. The third kappa shape index (κ3) is 3.84. The Kier molecular flexibility index (Phi) is 4.81. The molecule has 0 heterocycles. The van der Waals surface area contributed by atoms with Gasteiger partial charge in [0.25, 0.3) is 0 Å². The van der Waals surface area contributed by atoms with E-state index in [0.29, 0.717) is 0 Å². The summed E-state index contributed by atoms with van der Waals surface area (Å²) in [5, 5.41) is 9.59. The molecule has 0 aliphatic carbocycles. The summed E-state index contributed by atoms with van der Waals surface area (Å²) in [6.07, 6.45) is -4.15. The van der Waals surface area contributed by atoms with E-state index < -0.39 is 23.9 Å². The van der Waals surface area contributed by atoms with Gasteiger partial charge in [-0.15, -0.1) is 0 Å². The molecule has 0 spiro atoms. The summed E-state index contributed by atoms with van der Waals surface area (Å²) < 4.78 is 49.2. The Morgan fingerprint density at radius 1 is 1.21 bits per heavy atom. The number of benzene rings is 1. The Morgan fingerprint density at radius 2 is 1.68 bits per heavy atom. The summed E-state index contributed by atoms with van der Waals surface area (Å²) in [6, 6.07) is 3.57. The summed E-state index contributed by atoms with van der Waals surface area (Å²) in [4.78, 5) is 10.9. The normalized spacial score (nSPS) is 12.9. The molecule has 0 aromatic heterocycles. The maximum absolute atomic E-state index is 12.7. The summed E-state index contributed by atoms with van der Waals surface area (Å²) >= 11 is 11.2. The van der Waals surface area contributed by atoms with Crippen molar-refractivity contribution in [3.05, 3.63) is 39.9 Å². The lowest BCUT2D eigenvalue weighted by Gasteiger charge is -2.11. The van der Waals surface area contributed by atoms with Gasteiger partial charge in [0.1, 0.15) is 5.76 Å². The Hall–Kier alpha value is -1.27. The number of halogens is 6. The summed E-state index contributed by atoms with van der Waals surface area (Å²) in [6.45, 7) is 0. The number of allylic oxidation sites excluding steroid dienone is 1. The highest BCUT2D eigenvalue weighted by molar-refractivity contribution is 6.34. The molecular formula is C11H6Cl2F4O2. The van der Waals surface area contributed by atoms with E-state index >= 15 is 0 Å². The number of alkyl halides is 4. The number of hydrogen-bond donors (Lipinski definition) is 1. The molecule has 1 N–H and O–H groups in total. The molecule has 8 heteroatoms. The van der Waals surface area contributed by atoms with Crippen LogP contribution < -0.4 is 0 Å². The first-order chi connectivity index (χ1) is 8.64. The number of ketones is 1. The zero-order valence-corrected chi connectivity index (χ0v) is 10.5. The van der Waals surface area contributed by atoms with Crippen LogP contribution in [0, 0.1) is 0 Å². The molecule has 0 amide bonds. The lowest BCUT2D eigenvalue weighted by molar-refractivity contribution is -0.161. The van der Waals surface area contributed by atoms with Gasteiger partial charge in [0.2, 0.25) is 5.78 Å². The predicted molar refractivity (Wildman–Crippen MR) is 63.0 cm³/mol. The second kappa shape index (κ2) is 5.79. The maximum atomic E-state index is 12.7. The van der Waals surface area contributed by atoms with Crippen LogP contribution in [0.15, 0.2) is 24.3 Å². The van der Waals surface area contributed by atoms with E-state index in [4.69, 9.17) is 23.2 Å². The van der Waals surface area contributed by atoms with Crippen molar-refractivity contribution < 1.29 is 27.5 Å². The van der Waals surface area contributed by atoms with E-state index in [1.165, 1.54) is 6.07 Å². The van der Waals surface area contributed by atoms with Crippen LogP contribution in [0.25, 0.3) is 5.76 Å². The molecule has 0 saturated heterocycles. The summed E-state index contributed by atoms with van der Waals surface area (Å²) in [7, 11) is 0. The highest BCUT2D eigenvalue weighted by Crippen LogP contribution is 2.27. The van der Waals surface area contributed by atoms with Gasteiger partial charge >= 0.3 is 12.3 Å². The van der Waals surface area contributed by atoms with Crippen LogP contribution >= 0.6 is 23.2 Å². The van der Waals surface area contributed by atoms with E-state index in [0.717, 1.165) is 12.1 Å². The molecular weight excluding hydrogens is 311 g/mol. The summed E-state index contributed by atoms with van der Waals surface area (Å²) in [5.41, 5.74) is -0.143. The third-order valence-corrected chi connectivity index (χ3v) is 2.47. The third-order valence-electron chi connectivity index (χ3n) is 2.03. The van der Waals surface area contributed by atoms with Gasteiger partial charge < -0.3 is 5.11 Å². The highest BCUT2D eigenvalue weighted by atomic mass is 35.5. The van der Waals surface area contributed by atoms with Crippen LogP contribution in [0.2, 0.25) is 10.0 Å². The number of rotatable bonds is 4. The number of aliphatic hydroxyl groups is 1. The van der Waals surface area contributed by atoms with Gasteiger partial charge in [-0.3, -0.25) is 4.79 Å². The molecule has 0 fully saturated rings. The van der Waals surface area contributed by atoms with Crippen LogP contribution in [0.4, 0.5) is 17.6 Å². The van der Waals surface area contributed by atoms with Crippen molar-refractivity contribution in [1.29, 1.82) is 0 Å². The van der Waals surface area contributed by atoms with Crippen LogP contribution in [0.1, 0.15) is 5.56 Å². The number of carbonyl (C=O) groups is 1. The van der Waals surface area contributed by atoms with E-state index in [9.17, 15) is 27.5 Å². The topological polar surface area (TPSA) is 37.3 Å². The SMILES string of the molecule is O=C(/C=C(\O)c1cc(Cl)cc(Cl)c1)C(F)(F)C(F)F. The first-order valence-electron chi connectivity index (χ1n) is 4.72. The van der Waals surface area contributed by atoms with Gasteiger partial charge in [-0.25, -0.2) is 8.78 Å². The van der Waals surface area contributed by atoms with Crippen molar-refractivity contribution in [2.75, 3.05) is 0 Å². The minimum atomic E-state index is -4.86. The maximum Gasteiger partial charge on any atom is 0.368 e. The first kappa shape index (κ1) is 15.8. The molecule has 0 atom stereocenters. The van der Waals surface area contributed by atoms with Gasteiger partial charge in [-0.2, -0.15) is 8.78 Å². The fraction of sp³-hybridized carbons (Fsp3) is 0.182. The quantitative estimate of drug-likeness (QED) is 0.509. The van der Waals surface area contributed by atoms with Gasteiger partial charge in [-0.05, 0) is 18.2 Å². The highest BCUT2D eigenvalue weighted by Gasteiger charge is 2.47. The van der Waals surface area contributed by atoms with Crippen LogP contribution in [-0.4, -0.2) is 23.2 Å². The molecule has 104 valence electrons. The fourth-order valence-corrected chi connectivity index (χ4v) is 1.64. The van der Waals surface area contributed by atoms with Crippen LogP contribution in [0.5, 0.6) is 0 Å². The van der Waals surface area contributed by atoms with Gasteiger partial charge in [0, 0.05) is 21.7 Å². The van der Waals surface area contributed by atoms with Gasteiger partial charge in [0.15, 0.2) is 0 Å². The molecule has 1 rings (SSSR count). The van der Waals surface area contributed by atoms with Crippen molar-refractivity contribution in [1.82, 2.24) is 0 Å². The largest absolute Gasteiger partial charge is 0.507 e. The van der Waals surface area contributed by atoms with Crippen molar-refractivity contribution in [3.63, 3.8) is 0 Å². The van der Waals surface area contributed by atoms with Crippen molar-refractivity contribution >= 4 is 34.7 Å². The molecule has 2 nitrogen and oxygen atoms in total. The molecule has 0 unspecified atom stereocenters. The molecule has 1 aromatic carbocycles. The monoisotopic (exact) mass is 316 g/mol. The predicted octanol–water partition coefficient (Wildman–Crippen LogP) is 4.36. The van der Waals surface area contributed by atoms with Gasteiger partial charge in [-0.1, -0.05) is 23.2 Å².